The quantitative estimate of drug-likeness (QED) is 0.648. The number of nitrogen functional groups attached to an aromatic ring is 1. The van der Waals surface area contributed by atoms with Crippen molar-refractivity contribution in [1.82, 2.24) is 4.90 Å². The normalized spacial score (nSPS) is 12.2. The summed E-state index contributed by atoms with van der Waals surface area (Å²) in [6, 6.07) is 5.86. The van der Waals surface area contributed by atoms with E-state index in [2.05, 4.69) is 0 Å². The van der Waals surface area contributed by atoms with Gasteiger partial charge in [0, 0.05) is 24.7 Å². The molecule has 0 aliphatic carbocycles. The Bertz CT molecular complexity index is 391. The smallest absolute Gasteiger partial charge is 0.235 e. The van der Waals surface area contributed by atoms with Crippen LogP contribution in [0, 0.1) is 6.92 Å². The number of hydrogen-bond donors (Lipinski definition) is 1. The minimum absolute atomic E-state index is 0.103. The molecular formula is C12H18N2OS. The number of anilines is 1. The average molecular weight is 238 g/mol. The maximum atomic E-state index is 11.7. The molecule has 1 aromatic rings. The maximum absolute atomic E-state index is 11.7. The van der Waals surface area contributed by atoms with E-state index in [-0.39, 0.29) is 11.2 Å². The second-order valence-electron chi connectivity index (χ2n) is 4.03. The Balaban J connectivity index is 2.80. The molecule has 1 rings (SSSR count). The largest absolute Gasteiger partial charge is 0.398 e. The van der Waals surface area contributed by atoms with Gasteiger partial charge in [-0.1, -0.05) is 6.07 Å². The molecule has 1 unspecified atom stereocenters. The molecule has 3 nitrogen and oxygen atoms in total. The fourth-order valence-corrected chi connectivity index (χ4v) is 2.50. The van der Waals surface area contributed by atoms with Crippen molar-refractivity contribution in [2.45, 2.75) is 24.0 Å². The number of aryl methyl sites for hydroxylation is 1. The number of nitrogens with zero attached hydrogens (tertiary/aromatic N) is 1. The summed E-state index contributed by atoms with van der Waals surface area (Å²) in [7, 11) is 3.53. The van der Waals surface area contributed by atoms with Crippen molar-refractivity contribution < 1.29 is 4.79 Å². The summed E-state index contributed by atoms with van der Waals surface area (Å²) in [6.45, 7) is 3.91. The van der Waals surface area contributed by atoms with Crippen molar-refractivity contribution in [1.29, 1.82) is 0 Å². The van der Waals surface area contributed by atoms with E-state index in [1.165, 1.54) is 11.8 Å². The Labute approximate surface area is 101 Å². The molecular weight excluding hydrogens is 220 g/mol. The first kappa shape index (κ1) is 12.9. The Hall–Kier alpha value is -1.16. The van der Waals surface area contributed by atoms with Crippen LogP contribution in [0.3, 0.4) is 0 Å². The molecule has 0 aliphatic heterocycles. The summed E-state index contributed by atoms with van der Waals surface area (Å²) in [6.07, 6.45) is 0. The Morgan fingerprint density at radius 1 is 1.44 bits per heavy atom. The van der Waals surface area contributed by atoms with Gasteiger partial charge in [-0.2, -0.15) is 0 Å². The zero-order valence-corrected chi connectivity index (χ0v) is 11.0. The van der Waals surface area contributed by atoms with Gasteiger partial charge >= 0.3 is 0 Å². The third-order valence-corrected chi connectivity index (χ3v) is 3.42. The first-order valence-electron chi connectivity index (χ1n) is 5.15. The van der Waals surface area contributed by atoms with Crippen LogP contribution < -0.4 is 5.73 Å². The predicted molar refractivity (Wildman–Crippen MR) is 69.6 cm³/mol. The van der Waals surface area contributed by atoms with Crippen LogP contribution in [0.5, 0.6) is 0 Å². The van der Waals surface area contributed by atoms with E-state index in [1.54, 1.807) is 19.0 Å². The highest BCUT2D eigenvalue weighted by molar-refractivity contribution is 8.00. The van der Waals surface area contributed by atoms with Crippen LogP contribution >= 0.6 is 11.8 Å². The van der Waals surface area contributed by atoms with Crippen LogP contribution in [0.25, 0.3) is 0 Å². The molecule has 0 spiro atoms. The van der Waals surface area contributed by atoms with Gasteiger partial charge in [0.2, 0.25) is 5.91 Å². The maximum Gasteiger partial charge on any atom is 0.235 e. The highest BCUT2D eigenvalue weighted by Crippen LogP contribution is 2.30. The summed E-state index contributed by atoms with van der Waals surface area (Å²) in [5.74, 6) is 0.103. The van der Waals surface area contributed by atoms with Gasteiger partial charge in [0.1, 0.15) is 0 Å². The van der Waals surface area contributed by atoms with Crippen molar-refractivity contribution >= 4 is 23.4 Å². The molecule has 0 radical (unpaired) electrons. The molecule has 1 aromatic carbocycles. The number of rotatable bonds is 3. The SMILES string of the molecule is Cc1ccc(N)c(SC(C)C(=O)N(C)C)c1. The lowest BCUT2D eigenvalue weighted by Crippen LogP contribution is -2.29. The van der Waals surface area contributed by atoms with Gasteiger partial charge in [0.15, 0.2) is 0 Å². The van der Waals surface area contributed by atoms with Crippen molar-refractivity contribution in [2.24, 2.45) is 0 Å². The number of benzene rings is 1. The molecule has 0 bridgehead atoms. The third kappa shape index (κ3) is 3.17. The van der Waals surface area contributed by atoms with Gasteiger partial charge < -0.3 is 10.6 Å². The molecule has 1 atom stereocenters. The minimum atomic E-state index is -0.112. The molecule has 0 heterocycles. The highest BCUT2D eigenvalue weighted by atomic mass is 32.2. The van der Waals surface area contributed by atoms with Crippen molar-refractivity contribution in [3.05, 3.63) is 23.8 Å². The number of carbonyl (C=O) groups excluding carboxylic acids is 1. The van der Waals surface area contributed by atoms with E-state index < -0.39 is 0 Å². The van der Waals surface area contributed by atoms with E-state index in [4.69, 9.17) is 5.73 Å². The molecule has 0 aromatic heterocycles. The molecule has 4 heteroatoms. The van der Waals surface area contributed by atoms with Crippen LogP contribution in [-0.4, -0.2) is 30.2 Å². The van der Waals surface area contributed by atoms with Gasteiger partial charge in [-0.25, -0.2) is 0 Å². The first-order chi connectivity index (χ1) is 7.41. The Morgan fingerprint density at radius 3 is 2.62 bits per heavy atom. The minimum Gasteiger partial charge on any atom is -0.398 e. The van der Waals surface area contributed by atoms with Gasteiger partial charge in [-0.15, -0.1) is 11.8 Å². The molecule has 0 fully saturated rings. The number of hydrogen-bond acceptors (Lipinski definition) is 3. The second-order valence-corrected chi connectivity index (χ2v) is 5.42. The zero-order chi connectivity index (χ0) is 12.3. The molecule has 16 heavy (non-hydrogen) atoms. The first-order valence-corrected chi connectivity index (χ1v) is 6.03. The zero-order valence-electron chi connectivity index (χ0n) is 10.2. The molecule has 2 N–H and O–H groups in total. The van der Waals surface area contributed by atoms with E-state index in [1.807, 2.05) is 32.0 Å². The van der Waals surface area contributed by atoms with Gasteiger partial charge in [-0.05, 0) is 31.5 Å². The average Bonchev–Trinajstić information content (AvgIpc) is 2.22. The lowest BCUT2D eigenvalue weighted by molar-refractivity contribution is -0.127. The van der Waals surface area contributed by atoms with E-state index in [9.17, 15) is 4.79 Å². The number of amides is 1. The fourth-order valence-electron chi connectivity index (χ4n) is 1.35. The predicted octanol–water partition coefficient (Wildman–Crippen LogP) is 2.15. The standard InChI is InChI=1S/C12H18N2OS/c1-8-5-6-10(13)11(7-8)16-9(2)12(15)14(3)4/h5-7,9H,13H2,1-4H3. The molecule has 0 saturated heterocycles. The third-order valence-electron chi connectivity index (χ3n) is 2.26. The number of nitrogens with two attached hydrogens (primary N) is 1. The summed E-state index contributed by atoms with van der Waals surface area (Å²) in [5.41, 5.74) is 7.75. The van der Waals surface area contributed by atoms with Crippen LogP contribution in [0.2, 0.25) is 0 Å². The summed E-state index contributed by atoms with van der Waals surface area (Å²) < 4.78 is 0. The monoisotopic (exact) mass is 238 g/mol. The summed E-state index contributed by atoms with van der Waals surface area (Å²) >= 11 is 1.50. The summed E-state index contributed by atoms with van der Waals surface area (Å²) in [5, 5.41) is -0.112. The lowest BCUT2D eigenvalue weighted by Gasteiger charge is -2.17. The van der Waals surface area contributed by atoms with Gasteiger partial charge in [0.05, 0.1) is 5.25 Å². The van der Waals surface area contributed by atoms with E-state index in [0.717, 1.165) is 16.1 Å². The lowest BCUT2D eigenvalue weighted by atomic mass is 10.2. The van der Waals surface area contributed by atoms with Crippen LogP contribution in [0.1, 0.15) is 12.5 Å². The van der Waals surface area contributed by atoms with Gasteiger partial charge in [-0.3, -0.25) is 4.79 Å². The molecule has 1 amide bonds. The van der Waals surface area contributed by atoms with Gasteiger partial charge in [0.25, 0.3) is 0 Å². The topological polar surface area (TPSA) is 46.3 Å². The van der Waals surface area contributed by atoms with Crippen molar-refractivity contribution in [3.63, 3.8) is 0 Å². The highest BCUT2D eigenvalue weighted by Gasteiger charge is 2.17. The number of carbonyl (C=O) groups is 1. The fraction of sp³-hybridized carbons (Fsp3) is 0.417. The van der Waals surface area contributed by atoms with E-state index >= 15 is 0 Å². The summed E-state index contributed by atoms with van der Waals surface area (Å²) in [4.78, 5) is 14.3. The van der Waals surface area contributed by atoms with Crippen LogP contribution in [0.15, 0.2) is 23.1 Å². The number of thioether (sulfide) groups is 1. The van der Waals surface area contributed by atoms with Crippen molar-refractivity contribution in [3.8, 4) is 0 Å². The molecule has 88 valence electrons. The van der Waals surface area contributed by atoms with E-state index in [0.29, 0.717) is 0 Å². The Kier molecular flexibility index (Phi) is 4.24. The molecule has 0 aliphatic rings. The van der Waals surface area contributed by atoms with Crippen molar-refractivity contribution in [2.75, 3.05) is 19.8 Å². The van der Waals surface area contributed by atoms with Crippen LogP contribution in [-0.2, 0) is 4.79 Å². The second kappa shape index (κ2) is 5.25. The Morgan fingerprint density at radius 2 is 2.06 bits per heavy atom. The van der Waals surface area contributed by atoms with Crippen LogP contribution in [0.4, 0.5) is 5.69 Å². The molecule has 0 saturated carbocycles.